The molecule has 0 aromatic heterocycles. The van der Waals surface area contributed by atoms with Crippen molar-refractivity contribution in [3.8, 4) is 0 Å². The van der Waals surface area contributed by atoms with Gasteiger partial charge in [-0.3, -0.25) is 0 Å². The quantitative estimate of drug-likeness (QED) is 0.163. The first-order valence-electron chi connectivity index (χ1n) is 11.9. The zero-order valence-corrected chi connectivity index (χ0v) is 21.4. The molecular formula is C23H50N2O8. The van der Waals surface area contributed by atoms with Gasteiger partial charge in [-0.2, -0.15) is 0 Å². The Morgan fingerprint density at radius 1 is 0.515 bits per heavy atom. The SMILES string of the molecule is COCC[NH2+]CCOC.COCC[NH2+]CCOC.O=C([O-])CCCCCCCCCC(=O)[O-]. The number of hydrogen-bond donors (Lipinski definition) is 2. The lowest BCUT2D eigenvalue weighted by atomic mass is 10.1. The van der Waals surface area contributed by atoms with Gasteiger partial charge in [-0.15, -0.1) is 0 Å². The molecule has 0 aliphatic carbocycles. The van der Waals surface area contributed by atoms with E-state index >= 15 is 0 Å². The summed E-state index contributed by atoms with van der Waals surface area (Å²) >= 11 is 0. The van der Waals surface area contributed by atoms with Crippen LogP contribution in [0.15, 0.2) is 0 Å². The molecule has 0 aromatic rings. The number of carbonyl (C=O) groups is 2. The molecule has 0 aliphatic heterocycles. The maximum absolute atomic E-state index is 10.1. The standard InChI is InChI=1S/C11H20O4.2C6H15NO2/c12-10(13)8-6-4-2-1-3-5-7-9-11(14)15;2*1-8-5-3-7-4-6-9-2/h1-9H2,(H,12,13)(H,14,15);2*7H,3-6H2,1-2H3. The van der Waals surface area contributed by atoms with Gasteiger partial charge in [0.2, 0.25) is 0 Å². The number of carboxylic acids is 2. The highest BCUT2D eigenvalue weighted by atomic mass is 16.5. The number of nitrogens with two attached hydrogens (primary N) is 2. The average molecular weight is 483 g/mol. The number of quaternary nitrogens is 2. The number of methoxy groups -OCH3 is 4. The second-order valence-electron chi connectivity index (χ2n) is 7.42. The average Bonchev–Trinajstić information content (AvgIpc) is 2.78. The lowest BCUT2D eigenvalue weighted by molar-refractivity contribution is -0.657. The molecule has 0 fully saturated rings. The number of unbranched alkanes of at least 4 members (excludes halogenated alkanes) is 6. The van der Waals surface area contributed by atoms with Gasteiger partial charge in [-0.1, -0.05) is 32.1 Å². The molecule has 0 spiro atoms. The summed E-state index contributed by atoms with van der Waals surface area (Å²) in [6, 6.07) is 0. The van der Waals surface area contributed by atoms with Crippen LogP contribution >= 0.6 is 0 Å². The van der Waals surface area contributed by atoms with Crippen molar-refractivity contribution in [1.82, 2.24) is 0 Å². The van der Waals surface area contributed by atoms with Crippen LogP contribution in [-0.2, 0) is 28.5 Å². The van der Waals surface area contributed by atoms with Crippen molar-refractivity contribution in [3.63, 3.8) is 0 Å². The van der Waals surface area contributed by atoms with E-state index in [0.29, 0.717) is 12.8 Å². The van der Waals surface area contributed by atoms with E-state index in [1.54, 1.807) is 28.4 Å². The Bertz CT molecular complexity index is 341. The van der Waals surface area contributed by atoms with Crippen molar-refractivity contribution in [2.24, 2.45) is 0 Å². The summed E-state index contributed by atoms with van der Waals surface area (Å²) in [5.41, 5.74) is 0. The first kappa shape index (κ1) is 36.3. The number of rotatable bonds is 22. The molecular weight excluding hydrogens is 432 g/mol. The van der Waals surface area contributed by atoms with Crippen LogP contribution in [0.25, 0.3) is 0 Å². The molecule has 33 heavy (non-hydrogen) atoms. The number of aliphatic carboxylic acids is 2. The van der Waals surface area contributed by atoms with Crippen molar-refractivity contribution < 1.29 is 49.4 Å². The van der Waals surface area contributed by atoms with Crippen LogP contribution in [0.1, 0.15) is 57.8 Å². The highest BCUT2D eigenvalue weighted by Gasteiger charge is 1.93. The Labute approximate surface area is 200 Å². The Kier molecular flexibility index (Phi) is 38.8. The summed E-state index contributed by atoms with van der Waals surface area (Å²) in [6.07, 6.45) is 6.54. The summed E-state index contributed by atoms with van der Waals surface area (Å²) < 4.78 is 19.4. The zero-order valence-electron chi connectivity index (χ0n) is 21.4. The summed E-state index contributed by atoms with van der Waals surface area (Å²) in [7, 11) is 6.85. The maximum Gasteiger partial charge on any atom is 0.0993 e. The Morgan fingerprint density at radius 3 is 0.970 bits per heavy atom. The van der Waals surface area contributed by atoms with Crippen LogP contribution in [0.4, 0.5) is 0 Å². The minimum absolute atomic E-state index is 0.144. The summed E-state index contributed by atoms with van der Waals surface area (Å²) in [6.45, 7) is 7.40. The van der Waals surface area contributed by atoms with E-state index in [-0.39, 0.29) is 12.8 Å². The summed E-state index contributed by atoms with van der Waals surface area (Å²) in [5.74, 6) is -1.96. The highest BCUT2D eigenvalue weighted by Crippen LogP contribution is 2.09. The number of hydrogen-bond acceptors (Lipinski definition) is 8. The van der Waals surface area contributed by atoms with E-state index in [1.807, 2.05) is 0 Å². The molecule has 4 N–H and O–H groups in total. The second-order valence-corrected chi connectivity index (χ2v) is 7.42. The van der Waals surface area contributed by atoms with Gasteiger partial charge in [0, 0.05) is 40.4 Å². The Hall–Kier alpha value is -1.30. The number of ether oxygens (including phenoxy) is 4. The molecule has 0 aromatic carbocycles. The van der Waals surface area contributed by atoms with Crippen molar-refractivity contribution in [1.29, 1.82) is 0 Å². The first-order chi connectivity index (χ1) is 16.0. The van der Waals surface area contributed by atoms with Crippen LogP contribution in [0.2, 0.25) is 0 Å². The van der Waals surface area contributed by atoms with E-state index in [9.17, 15) is 19.8 Å². The zero-order chi connectivity index (χ0) is 25.4. The van der Waals surface area contributed by atoms with E-state index in [1.165, 1.54) is 0 Å². The molecule has 0 unspecified atom stereocenters. The van der Waals surface area contributed by atoms with Gasteiger partial charge in [0.25, 0.3) is 0 Å². The van der Waals surface area contributed by atoms with Crippen LogP contribution < -0.4 is 20.8 Å². The minimum atomic E-state index is -0.982. The monoisotopic (exact) mass is 482 g/mol. The van der Waals surface area contributed by atoms with Crippen molar-refractivity contribution in [2.45, 2.75) is 57.8 Å². The van der Waals surface area contributed by atoms with Crippen LogP contribution in [0.5, 0.6) is 0 Å². The molecule has 0 saturated carbocycles. The maximum atomic E-state index is 10.1. The highest BCUT2D eigenvalue weighted by molar-refractivity contribution is 5.64. The van der Waals surface area contributed by atoms with E-state index < -0.39 is 11.9 Å². The van der Waals surface area contributed by atoms with Crippen LogP contribution in [-0.4, -0.2) is 93.0 Å². The number of carbonyl (C=O) groups excluding carboxylic acids is 2. The van der Waals surface area contributed by atoms with Gasteiger partial charge < -0.3 is 49.4 Å². The van der Waals surface area contributed by atoms with Crippen LogP contribution in [0, 0.1) is 0 Å². The molecule has 0 amide bonds. The van der Waals surface area contributed by atoms with E-state index in [4.69, 9.17) is 18.9 Å². The molecule has 0 aliphatic rings. The third-order valence-electron chi connectivity index (χ3n) is 4.37. The van der Waals surface area contributed by atoms with E-state index in [0.717, 1.165) is 84.7 Å². The van der Waals surface area contributed by atoms with Gasteiger partial charge >= 0.3 is 0 Å². The lowest BCUT2D eigenvalue weighted by Gasteiger charge is -2.03. The fraction of sp³-hybridized carbons (Fsp3) is 0.913. The molecule has 0 saturated heterocycles. The minimum Gasteiger partial charge on any atom is -0.550 e. The molecule has 0 rings (SSSR count). The Morgan fingerprint density at radius 2 is 0.758 bits per heavy atom. The fourth-order valence-corrected chi connectivity index (χ4v) is 2.52. The molecule has 10 heteroatoms. The third kappa shape index (κ3) is 49.1. The van der Waals surface area contributed by atoms with Gasteiger partial charge in [0.15, 0.2) is 0 Å². The summed E-state index contributed by atoms with van der Waals surface area (Å²) in [5, 5.41) is 24.5. The van der Waals surface area contributed by atoms with Crippen molar-refractivity contribution in [3.05, 3.63) is 0 Å². The van der Waals surface area contributed by atoms with E-state index in [2.05, 4.69) is 10.6 Å². The van der Waals surface area contributed by atoms with Crippen molar-refractivity contribution >= 4 is 11.9 Å². The van der Waals surface area contributed by atoms with Gasteiger partial charge in [0.1, 0.15) is 0 Å². The Balaban J connectivity index is -0.000000433. The van der Waals surface area contributed by atoms with Crippen molar-refractivity contribution in [2.75, 3.05) is 81.0 Å². The van der Waals surface area contributed by atoms with Crippen LogP contribution in [0.3, 0.4) is 0 Å². The number of carboxylic acid groups (broad SMARTS) is 2. The fourth-order valence-electron chi connectivity index (χ4n) is 2.52. The first-order valence-corrected chi connectivity index (χ1v) is 11.9. The predicted octanol–water partition coefficient (Wildman–Crippen LogP) is -2.32. The topological polar surface area (TPSA) is 150 Å². The molecule has 0 heterocycles. The molecule has 10 nitrogen and oxygen atoms in total. The van der Waals surface area contributed by atoms with Gasteiger partial charge in [0.05, 0.1) is 52.6 Å². The normalized spacial score (nSPS) is 10.1. The molecule has 0 radical (unpaired) electrons. The second kappa shape index (κ2) is 35.3. The largest absolute Gasteiger partial charge is 0.550 e. The smallest absolute Gasteiger partial charge is 0.0993 e. The molecule has 0 bridgehead atoms. The van der Waals surface area contributed by atoms with Gasteiger partial charge in [-0.25, -0.2) is 0 Å². The predicted molar refractivity (Wildman–Crippen MR) is 122 cm³/mol. The summed E-state index contributed by atoms with van der Waals surface area (Å²) in [4.78, 5) is 20.1. The third-order valence-corrected chi connectivity index (χ3v) is 4.37. The molecule has 0 atom stereocenters. The molecule has 200 valence electrons. The lowest BCUT2D eigenvalue weighted by Crippen LogP contribution is -2.86. The van der Waals surface area contributed by atoms with Gasteiger partial charge in [-0.05, 0) is 25.7 Å².